The third kappa shape index (κ3) is 6.16. The number of alkyl carbamates (subject to hydrolysis) is 1. The van der Waals surface area contributed by atoms with E-state index < -0.39 is 21.3 Å². The van der Waals surface area contributed by atoms with Gasteiger partial charge in [0.2, 0.25) is 9.84 Å². The van der Waals surface area contributed by atoms with Crippen molar-refractivity contribution < 1.29 is 17.9 Å². The van der Waals surface area contributed by atoms with Crippen molar-refractivity contribution in [3.05, 3.63) is 84.7 Å². The van der Waals surface area contributed by atoms with E-state index in [2.05, 4.69) is 38.3 Å². The summed E-state index contributed by atoms with van der Waals surface area (Å²) in [4.78, 5) is 21.5. The number of anilines is 1. The number of sulfone groups is 1. The standard InChI is InChI=1S/C35H41N5O4S/c1-37-34(41)44-33-9-5-8-32(33)35(25-36,27-6-3-2-4-7-27)28-16-20-39(21-17-28)22-26-23-40(24-26)29-10-12-30(13-11-29)45(42,43)31-14-18-38-19-15-31/h2-4,6-7,10-15,18-19,26,28,32-33H,5,8-9,16-17,20-24H2,1H3,(H,37,41)/t32-,33-,35+/m1/s1. The molecule has 6 rings (SSSR count). The number of pyridine rings is 1. The molecule has 0 spiro atoms. The van der Waals surface area contributed by atoms with E-state index in [1.807, 2.05) is 30.3 Å². The maximum Gasteiger partial charge on any atom is 0.407 e. The van der Waals surface area contributed by atoms with Crippen LogP contribution in [0.3, 0.4) is 0 Å². The second-order valence-electron chi connectivity index (χ2n) is 12.6. The van der Waals surface area contributed by atoms with Gasteiger partial charge in [0.25, 0.3) is 0 Å². The summed E-state index contributed by atoms with van der Waals surface area (Å²) < 4.78 is 31.7. The van der Waals surface area contributed by atoms with Gasteiger partial charge >= 0.3 is 6.09 Å². The van der Waals surface area contributed by atoms with Crippen LogP contribution >= 0.6 is 0 Å². The molecule has 1 amide bonds. The van der Waals surface area contributed by atoms with Crippen molar-refractivity contribution in [1.29, 1.82) is 5.26 Å². The number of rotatable bonds is 9. The molecule has 3 fully saturated rings. The van der Waals surface area contributed by atoms with E-state index >= 15 is 0 Å². The smallest absolute Gasteiger partial charge is 0.407 e. The van der Waals surface area contributed by atoms with Gasteiger partial charge in [-0.15, -0.1) is 0 Å². The number of nitriles is 1. The molecule has 1 saturated carbocycles. The normalized spacial score (nSPS) is 22.6. The zero-order valence-electron chi connectivity index (χ0n) is 25.7. The first-order valence-corrected chi connectivity index (χ1v) is 17.4. The van der Waals surface area contributed by atoms with Crippen molar-refractivity contribution in [2.24, 2.45) is 17.8 Å². The van der Waals surface area contributed by atoms with Crippen LogP contribution in [-0.2, 0) is 20.0 Å². The Kier molecular flexibility index (Phi) is 9.11. The Morgan fingerprint density at radius 2 is 1.64 bits per heavy atom. The van der Waals surface area contributed by atoms with Crippen LogP contribution in [0, 0.1) is 29.1 Å². The SMILES string of the molecule is CNC(=O)O[C@@H]1CCC[C@H]1[C@@](C#N)(c1ccccc1)C1CCN(CC2CN(c3ccc(S(=O)(=O)c4ccncc4)cc3)C2)CC1. The van der Waals surface area contributed by atoms with Gasteiger partial charge in [-0.25, -0.2) is 13.2 Å². The molecule has 1 aromatic heterocycles. The number of hydrogen-bond acceptors (Lipinski definition) is 8. The Morgan fingerprint density at radius 1 is 0.978 bits per heavy atom. The molecule has 9 nitrogen and oxygen atoms in total. The van der Waals surface area contributed by atoms with Crippen molar-refractivity contribution in [1.82, 2.24) is 15.2 Å². The summed E-state index contributed by atoms with van der Waals surface area (Å²) in [5.74, 6) is 0.682. The first kappa shape index (κ1) is 31.1. The first-order valence-electron chi connectivity index (χ1n) is 15.9. The fourth-order valence-corrected chi connectivity index (χ4v) is 9.06. The highest BCUT2D eigenvalue weighted by Crippen LogP contribution is 2.51. The Labute approximate surface area is 266 Å². The maximum absolute atomic E-state index is 12.9. The number of nitrogens with zero attached hydrogens (tertiary/aromatic N) is 4. The Bertz CT molecular complexity index is 1600. The summed E-state index contributed by atoms with van der Waals surface area (Å²) in [5.41, 5.74) is 1.37. The minimum absolute atomic E-state index is 0.0370. The lowest BCUT2D eigenvalue weighted by atomic mass is 9.59. The Hall–Kier alpha value is -3.94. The third-order valence-electron chi connectivity index (χ3n) is 10.1. The van der Waals surface area contributed by atoms with Gasteiger partial charge in [0.15, 0.2) is 0 Å². The molecule has 0 radical (unpaired) electrons. The number of benzene rings is 2. The maximum atomic E-state index is 12.9. The number of ether oxygens (including phenoxy) is 1. The lowest BCUT2D eigenvalue weighted by molar-refractivity contribution is 0.0307. The topological polar surface area (TPSA) is 116 Å². The van der Waals surface area contributed by atoms with E-state index in [1.165, 1.54) is 24.5 Å². The van der Waals surface area contributed by atoms with Gasteiger partial charge in [-0.05, 0) is 93.1 Å². The van der Waals surface area contributed by atoms with Gasteiger partial charge in [0.05, 0.1) is 21.3 Å². The molecule has 3 heterocycles. The molecule has 3 aliphatic rings. The van der Waals surface area contributed by atoms with Crippen LogP contribution < -0.4 is 10.2 Å². The predicted molar refractivity (Wildman–Crippen MR) is 171 cm³/mol. The molecule has 3 atom stereocenters. The van der Waals surface area contributed by atoms with Gasteiger partial charge in [0.1, 0.15) is 6.10 Å². The second-order valence-corrected chi connectivity index (χ2v) is 14.6. The van der Waals surface area contributed by atoms with E-state index in [1.54, 1.807) is 19.2 Å². The van der Waals surface area contributed by atoms with Crippen LogP contribution in [0.25, 0.3) is 0 Å². The number of amides is 1. The largest absolute Gasteiger partial charge is 0.446 e. The predicted octanol–water partition coefficient (Wildman–Crippen LogP) is 5.05. The van der Waals surface area contributed by atoms with Crippen molar-refractivity contribution >= 4 is 21.6 Å². The molecule has 1 N–H and O–H groups in total. The van der Waals surface area contributed by atoms with Crippen molar-refractivity contribution in [2.75, 3.05) is 44.7 Å². The van der Waals surface area contributed by atoms with E-state index in [0.717, 1.165) is 76.1 Å². The number of carbonyl (C=O) groups excluding carboxylic acids is 1. The molecule has 0 bridgehead atoms. The Balaban J connectivity index is 1.07. The average Bonchev–Trinajstić information content (AvgIpc) is 3.53. The van der Waals surface area contributed by atoms with Gasteiger partial charge in [0, 0.05) is 56.6 Å². The molecule has 236 valence electrons. The van der Waals surface area contributed by atoms with Crippen molar-refractivity contribution in [2.45, 2.75) is 53.4 Å². The molecule has 2 saturated heterocycles. The van der Waals surface area contributed by atoms with Crippen molar-refractivity contribution in [3.8, 4) is 6.07 Å². The number of piperidine rings is 1. The molecule has 2 aliphatic heterocycles. The van der Waals surface area contributed by atoms with Gasteiger partial charge in [-0.1, -0.05) is 30.3 Å². The fraction of sp³-hybridized carbons (Fsp3) is 0.457. The van der Waals surface area contributed by atoms with Crippen LogP contribution in [-0.4, -0.2) is 70.3 Å². The van der Waals surface area contributed by atoms with E-state index in [0.29, 0.717) is 5.92 Å². The van der Waals surface area contributed by atoms with Crippen LogP contribution in [0.4, 0.5) is 10.5 Å². The lowest BCUT2D eigenvalue weighted by Crippen LogP contribution is -2.54. The molecule has 10 heteroatoms. The van der Waals surface area contributed by atoms with Crippen molar-refractivity contribution in [3.63, 3.8) is 0 Å². The molecule has 0 unspecified atom stereocenters. The molecule has 45 heavy (non-hydrogen) atoms. The number of hydrogen-bond donors (Lipinski definition) is 1. The number of carbonyl (C=O) groups is 1. The van der Waals surface area contributed by atoms with Crippen LogP contribution in [0.1, 0.15) is 37.7 Å². The van der Waals surface area contributed by atoms with E-state index in [9.17, 15) is 18.5 Å². The zero-order valence-corrected chi connectivity index (χ0v) is 26.5. The molecular weight excluding hydrogens is 586 g/mol. The molecular formula is C35H41N5O4S. The summed E-state index contributed by atoms with van der Waals surface area (Å²) in [6.45, 7) is 4.75. The lowest BCUT2D eigenvalue weighted by Gasteiger charge is -2.47. The van der Waals surface area contributed by atoms with Gasteiger partial charge in [-0.3, -0.25) is 4.98 Å². The number of aromatic nitrogens is 1. The fourth-order valence-electron chi connectivity index (χ4n) is 7.81. The molecule has 2 aromatic carbocycles. The first-order chi connectivity index (χ1) is 21.8. The zero-order chi connectivity index (χ0) is 31.4. The number of nitrogens with one attached hydrogen (secondary N) is 1. The van der Waals surface area contributed by atoms with Crippen LogP contribution in [0.2, 0.25) is 0 Å². The van der Waals surface area contributed by atoms with Gasteiger partial charge < -0.3 is 19.9 Å². The summed E-state index contributed by atoms with van der Waals surface area (Å²) in [5, 5.41) is 13.5. The van der Waals surface area contributed by atoms with Gasteiger partial charge in [-0.2, -0.15) is 5.26 Å². The summed E-state index contributed by atoms with van der Waals surface area (Å²) in [6, 6.07) is 23.2. The number of likely N-dealkylation sites (tertiary alicyclic amines) is 1. The Morgan fingerprint density at radius 3 is 2.29 bits per heavy atom. The third-order valence-corrected chi connectivity index (χ3v) is 11.9. The molecule has 1 aliphatic carbocycles. The quantitative estimate of drug-likeness (QED) is 0.351. The highest BCUT2D eigenvalue weighted by molar-refractivity contribution is 7.91. The summed E-state index contributed by atoms with van der Waals surface area (Å²) >= 11 is 0. The highest BCUT2D eigenvalue weighted by atomic mass is 32.2. The van der Waals surface area contributed by atoms with E-state index in [-0.39, 0.29) is 27.7 Å². The summed E-state index contributed by atoms with van der Waals surface area (Å²) in [7, 11) is -1.99. The second kappa shape index (κ2) is 13.2. The highest BCUT2D eigenvalue weighted by Gasteiger charge is 2.53. The van der Waals surface area contributed by atoms with Crippen LogP contribution in [0.5, 0.6) is 0 Å². The monoisotopic (exact) mass is 627 g/mol. The average molecular weight is 628 g/mol. The minimum Gasteiger partial charge on any atom is -0.446 e. The minimum atomic E-state index is -3.56. The van der Waals surface area contributed by atoms with Crippen LogP contribution in [0.15, 0.2) is 88.9 Å². The van der Waals surface area contributed by atoms with E-state index in [4.69, 9.17) is 4.74 Å². The summed E-state index contributed by atoms with van der Waals surface area (Å²) in [6.07, 6.45) is 6.74. The molecule has 3 aromatic rings.